The molecule has 1 saturated carbocycles. The Morgan fingerprint density at radius 2 is 2.27 bits per heavy atom. The monoisotopic (exact) mass is 209 g/mol. The molecule has 1 aromatic heterocycles. The minimum absolute atomic E-state index is 0.292. The Morgan fingerprint density at radius 1 is 1.47 bits per heavy atom. The lowest BCUT2D eigenvalue weighted by Gasteiger charge is -2.38. The molecule has 0 aliphatic heterocycles. The van der Waals surface area contributed by atoms with E-state index in [0.717, 1.165) is 12.4 Å². The van der Waals surface area contributed by atoms with Crippen LogP contribution in [0.25, 0.3) is 0 Å². The molecule has 1 aromatic rings. The fourth-order valence-electron chi connectivity index (χ4n) is 1.86. The Balaban J connectivity index is 2.12. The summed E-state index contributed by atoms with van der Waals surface area (Å²) in [6, 6.07) is 3.72. The van der Waals surface area contributed by atoms with Crippen molar-refractivity contribution in [1.82, 2.24) is 4.98 Å². The average Bonchev–Trinajstić information content (AvgIpc) is 2.16. The summed E-state index contributed by atoms with van der Waals surface area (Å²) in [4.78, 5) is 6.28. The molecule has 0 atom stereocenters. The average molecular weight is 209 g/mol. The second-order valence-corrected chi connectivity index (χ2v) is 3.90. The third-order valence-electron chi connectivity index (χ3n) is 2.89. The first-order chi connectivity index (χ1) is 7.31. The van der Waals surface area contributed by atoms with Crippen molar-refractivity contribution in [2.45, 2.75) is 25.3 Å². The molecular formula is C11H16FN3. The SMILES string of the molecule is NCCN(c1ccc(F)cn1)C1CCC1. The lowest BCUT2D eigenvalue weighted by atomic mass is 9.91. The summed E-state index contributed by atoms with van der Waals surface area (Å²) < 4.78 is 12.7. The van der Waals surface area contributed by atoms with Crippen molar-refractivity contribution in [2.75, 3.05) is 18.0 Å². The van der Waals surface area contributed by atoms with Gasteiger partial charge in [0.1, 0.15) is 11.6 Å². The fraction of sp³-hybridized carbons (Fsp3) is 0.545. The van der Waals surface area contributed by atoms with Gasteiger partial charge in [0, 0.05) is 19.1 Å². The molecule has 1 fully saturated rings. The molecule has 1 heterocycles. The van der Waals surface area contributed by atoms with E-state index in [2.05, 4.69) is 9.88 Å². The minimum Gasteiger partial charge on any atom is -0.352 e. The molecule has 0 radical (unpaired) electrons. The largest absolute Gasteiger partial charge is 0.352 e. The Hall–Kier alpha value is -1.16. The van der Waals surface area contributed by atoms with E-state index >= 15 is 0 Å². The van der Waals surface area contributed by atoms with Gasteiger partial charge in [-0.25, -0.2) is 9.37 Å². The van der Waals surface area contributed by atoms with Gasteiger partial charge in [-0.05, 0) is 31.4 Å². The molecular weight excluding hydrogens is 193 g/mol. The summed E-state index contributed by atoms with van der Waals surface area (Å²) in [6.45, 7) is 1.40. The van der Waals surface area contributed by atoms with Crippen LogP contribution in [0.5, 0.6) is 0 Å². The lowest BCUT2D eigenvalue weighted by Crippen LogP contribution is -2.43. The van der Waals surface area contributed by atoms with Crippen LogP contribution in [0.1, 0.15) is 19.3 Å². The first-order valence-corrected chi connectivity index (χ1v) is 5.39. The Bertz CT molecular complexity index is 308. The number of hydrogen-bond acceptors (Lipinski definition) is 3. The summed E-state index contributed by atoms with van der Waals surface area (Å²) in [5.41, 5.74) is 5.57. The highest BCUT2D eigenvalue weighted by Gasteiger charge is 2.25. The molecule has 0 spiro atoms. The van der Waals surface area contributed by atoms with Crippen LogP contribution in [0, 0.1) is 5.82 Å². The topological polar surface area (TPSA) is 42.1 Å². The van der Waals surface area contributed by atoms with Crippen molar-refractivity contribution in [3.05, 3.63) is 24.1 Å². The van der Waals surface area contributed by atoms with Gasteiger partial charge in [-0.3, -0.25) is 0 Å². The quantitative estimate of drug-likeness (QED) is 0.817. The zero-order valence-corrected chi connectivity index (χ0v) is 8.69. The van der Waals surface area contributed by atoms with E-state index in [-0.39, 0.29) is 5.82 Å². The Morgan fingerprint density at radius 3 is 2.73 bits per heavy atom. The number of aromatic nitrogens is 1. The molecule has 0 amide bonds. The molecule has 0 bridgehead atoms. The maximum Gasteiger partial charge on any atom is 0.141 e. The first-order valence-electron chi connectivity index (χ1n) is 5.39. The molecule has 0 aromatic carbocycles. The third-order valence-corrected chi connectivity index (χ3v) is 2.89. The van der Waals surface area contributed by atoms with E-state index in [1.165, 1.54) is 31.5 Å². The highest BCUT2D eigenvalue weighted by molar-refractivity contribution is 5.40. The van der Waals surface area contributed by atoms with Gasteiger partial charge >= 0.3 is 0 Å². The van der Waals surface area contributed by atoms with Crippen LogP contribution < -0.4 is 10.6 Å². The minimum atomic E-state index is -0.292. The summed E-state index contributed by atoms with van der Waals surface area (Å²) in [5.74, 6) is 0.548. The van der Waals surface area contributed by atoms with Crippen LogP contribution in [0.3, 0.4) is 0 Å². The number of nitrogens with two attached hydrogens (primary N) is 1. The maximum atomic E-state index is 12.7. The molecule has 2 N–H and O–H groups in total. The van der Waals surface area contributed by atoms with E-state index < -0.39 is 0 Å². The van der Waals surface area contributed by atoms with E-state index in [4.69, 9.17) is 5.73 Å². The van der Waals surface area contributed by atoms with Crippen LogP contribution in [0.15, 0.2) is 18.3 Å². The van der Waals surface area contributed by atoms with Crippen LogP contribution >= 0.6 is 0 Å². The molecule has 0 saturated heterocycles. The third kappa shape index (κ3) is 2.26. The van der Waals surface area contributed by atoms with E-state index in [9.17, 15) is 4.39 Å². The Kier molecular flexibility index (Phi) is 3.16. The number of anilines is 1. The van der Waals surface area contributed by atoms with Crippen LogP contribution in [-0.2, 0) is 0 Å². The van der Waals surface area contributed by atoms with Crippen LogP contribution in [-0.4, -0.2) is 24.1 Å². The van der Waals surface area contributed by atoms with Gasteiger partial charge in [0.2, 0.25) is 0 Å². The molecule has 1 aliphatic rings. The highest BCUT2D eigenvalue weighted by atomic mass is 19.1. The molecule has 82 valence electrons. The summed E-state index contributed by atoms with van der Waals surface area (Å²) >= 11 is 0. The number of hydrogen-bond donors (Lipinski definition) is 1. The van der Waals surface area contributed by atoms with Gasteiger partial charge in [0.05, 0.1) is 6.20 Å². The van der Waals surface area contributed by atoms with Crippen molar-refractivity contribution in [2.24, 2.45) is 5.73 Å². The van der Waals surface area contributed by atoms with Crippen LogP contribution in [0.2, 0.25) is 0 Å². The summed E-state index contributed by atoms with van der Waals surface area (Å²) in [5, 5.41) is 0. The molecule has 0 unspecified atom stereocenters. The molecule has 1 aliphatic carbocycles. The highest BCUT2D eigenvalue weighted by Crippen LogP contribution is 2.27. The standard InChI is InChI=1S/C11H16FN3/c12-9-4-5-11(14-8-9)15(7-6-13)10-2-1-3-10/h4-5,8,10H,1-3,6-7,13H2. The predicted molar refractivity (Wildman–Crippen MR) is 58.2 cm³/mol. The van der Waals surface area contributed by atoms with Crippen molar-refractivity contribution in [1.29, 1.82) is 0 Å². The lowest BCUT2D eigenvalue weighted by molar-refractivity contribution is 0.385. The van der Waals surface area contributed by atoms with Crippen molar-refractivity contribution < 1.29 is 4.39 Å². The zero-order valence-electron chi connectivity index (χ0n) is 8.69. The van der Waals surface area contributed by atoms with Gasteiger partial charge < -0.3 is 10.6 Å². The first kappa shape index (κ1) is 10.4. The number of halogens is 1. The van der Waals surface area contributed by atoms with Gasteiger partial charge in [-0.15, -0.1) is 0 Å². The Labute approximate surface area is 89.1 Å². The van der Waals surface area contributed by atoms with E-state index in [0.29, 0.717) is 12.6 Å². The van der Waals surface area contributed by atoms with Crippen molar-refractivity contribution >= 4 is 5.82 Å². The number of rotatable bonds is 4. The predicted octanol–water partition coefficient (Wildman–Crippen LogP) is 1.54. The molecule has 15 heavy (non-hydrogen) atoms. The summed E-state index contributed by atoms with van der Waals surface area (Å²) in [6.07, 6.45) is 4.92. The van der Waals surface area contributed by atoms with Crippen molar-refractivity contribution in [3.63, 3.8) is 0 Å². The van der Waals surface area contributed by atoms with Gasteiger partial charge in [0.15, 0.2) is 0 Å². The second-order valence-electron chi connectivity index (χ2n) is 3.90. The molecule has 4 heteroatoms. The maximum absolute atomic E-state index is 12.7. The second kappa shape index (κ2) is 4.57. The van der Waals surface area contributed by atoms with Gasteiger partial charge in [-0.1, -0.05) is 0 Å². The summed E-state index contributed by atoms with van der Waals surface area (Å²) in [7, 11) is 0. The van der Waals surface area contributed by atoms with Gasteiger partial charge in [0.25, 0.3) is 0 Å². The van der Waals surface area contributed by atoms with E-state index in [1.54, 1.807) is 6.07 Å². The number of pyridine rings is 1. The fourth-order valence-corrected chi connectivity index (χ4v) is 1.86. The van der Waals surface area contributed by atoms with Gasteiger partial charge in [-0.2, -0.15) is 0 Å². The smallest absolute Gasteiger partial charge is 0.141 e. The van der Waals surface area contributed by atoms with E-state index in [1.807, 2.05) is 0 Å². The zero-order chi connectivity index (χ0) is 10.7. The van der Waals surface area contributed by atoms with Crippen molar-refractivity contribution in [3.8, 4) is 0 Å². The normalized spacial score (nSPS) is 16.1. The number of nitrogens with zero attached hydrogens (tertiary/aromatic N) is 2. The van der Waals surface area contributed by atoms with Crippen LogP contribution in [0.4, 0.5) is 10.2 Å². The molecule has 3 nitrogen and oxygen atoms in total. The molecule has 2 rings (SSSR count).